The summed E-state index contributed by atoms with van der Waals surface area (Å²) in [6.45, 7) is 8.77. The van der Waals surface area contributed by atoms with E-state index < -0.39 is 0 Å². The summed E-state index contributed by atoms with van der Waals surface area (Å²) in [6, 6.07) is 9.66. The van der Waals surface area contributed by atoms with E-state index in [4.69, 9.17) is 9.47 Å². The molecule has 1 aromatic carbocycles. The van der Waals surface area contributed by atoms with Crippen molar-refractivity contribution in [2.45, 2.75) is 13.8 Å². The van der Waals surface area contributed by atoms with Crippen LogP contribution in [0, 0.1) is 0 Å². The van der Waals surface area contributed by atoms with Gasteiger partial charge in [0.1, 0.15) is 19.0 Å². The van der Waals surface area contributed by atoms with Crippen molar-refractivity contribution >= 4 is 10.9 Å². The number of pyridine rings is 1. The number of rotatable bonds is 6. The maximum atomic E-state index is 5.59. The monoisotopic (exact) mass is 269 g/mol. The van der Waals surface area contributed by atoms with Crippen molar-refractivity contribution in [2.75, 3.05) is 13.2 Å². The van der Waals surface area contributed by atoms with Gasteiger partial charge in [0.25, 0.3) is 0 Å². The van der Waals surface area contributed by atoms with Crippen LogP contribution in [0.2, 0.25) is 0 Å². The van der Waals surface area contributed by atoms with Gasteiger partial charge < -0.3 is 9.47 Å². The molecule has 0 amide bonds. The van der Waals surface area contributed by atoms with Crippen molar-refractivity contribution in [3.63, 3.8) is 0 Å². The molecule has 0 aliphatic rings. The standard InChI is InChI=1S/C17H19NO2/c1-4-10-19-15-6-7-16-14(12-15)5-8-17(18-16)20-11-9-13(2)3/h4-9,12H,1,10-11H2,2-3H3. The van der Waals surface area contributed by atoms with Gasteiger partial charge in [-0.2, -0.15) is 0 Å². The minimum atomic E-state index is 0.503. The molecule has 0 fully saturated rings. The second-order valence-electron chi connectivity index (χ2n) is 4.70. The van der Waals surface area contributed by atoms with Gasteiger partial charge in [-0.05, 0) is 44.2 Å². The quantitative estimate of drug-likeness (QED) is 0.738. The van der Waals surface area contributed by atoms with Crippen LogP contribution < -0.4 is 9.47 Å². The maximum absolute atomic E-state index is 5.59. The lowest BCUT2D eigenvalue weighted by atomic mass is 10.2. The Balaban J connectivity index is 2.14. The predicted octanol–water partition coefficient (Wildman–Crippen LogP) is 4.14. The van der Waals surface area contributed by atoms with Gasteiger partial charge in [0, 0.05) is 11.5 Å². The van der Waals surface area contributed by atoms with Crippen molar-refractivity contribution in [3.05, 3.63) is 54.6 Å². The third kappa shape index (κ3) is 3.85. The number of benzene rings is 1. The van der Waals surface area contributed by atoms with E-state index in [9.17, 15) is 0 Å². The van der Waals surface area contributed by atoms with Gasteiger partial charge in [0.2, 0.25) is 5.88 Å². The third-order valence-electron chi connectivity index (χ3n) is 2.73. The minimum absolute atomic E-state index is 0.503. The van der Waals surface area contributed by atoms with Gasteiger partial charge in [0.15, 0.2) is 0 Å². The zero-order valence-corrected chi connectivity index (χ0v) is 11.9. The van der Waals surface area contributed by atoms with Crippen LogP contribution in [0.3, 0.4) is 0 Å². The van der Waals surface area contributed by atoms with Crippen molar-refractivity contribution in [2.24, 2.45) is 0 Å². The van der Waals surface area contributed by atoms with Crippen LogP contribution in [0.25, 0.3) is 10.9 Å². The zero-order chi connectivity index (χ0) is 14.4. The number of hydrogen-bond acceptors (Lipinski definition) is 3. The van der Waals surface area contributed by atoms with E-state index >= 15 is 0 Å². The van der Waals surface area contributed by atoms with Crippen molar-refractivity contribution in [1.29, 1.82) is 0 Å². The molecule has 20 heavy (non-hydrogen) atoms. The van der Waals surface area contributed by atoms with Crippen LogP contribution >= 0.6 is 0 Å². The average Bonchev–Trinajstić information content (AvgIpc) is 2.44. The fourth-order valence-electron chi connectivity index (χ4n) is 1.70. The Kier molecular flexibility index (Phi) is 4.77. The van der Waals surface area contributed by atoms with Crippen LogP contribution in [0.4, 0.5) is 0 Å². The summed E-state index contributed by atoms with van der Waals surface area (Å²) in [4.78, 5) is 4.47. The molecule has 0 saturated heterocycles. The molecule has 0 spiro atoms. The molecule has 3 nitrogen and oxygen atoms in total. The van der Waals surface area contributed by atoms with Crippen molar-refractivity contribution in [3.8, 4) is 11.6 Å². The number of aromatic nitrogens is 1. The fourth-order valence-corrected chi connectivity index (χ4v) is 1.70. The average molecular weight is 269 g/mol. The van der Waals surface area contributed by atoms with Crippen LogP contribution in [0.5, 0.6) is 11.6 Å². The Labute approximate surface area is 119 Å². The Bertz CT molecular complexity index is 628. The topological polar surface area (TPSA) is 31.4 Å². The smallest absolute Gasteiger partial charge is 0.214 e. The highest BCUT2D eigenvalue weighted by Gasteiger charge is 2.01. The summed E-state index contributed by atoms with van der Waals surface area (Å²) in [5.41, 5.74) is 2.13. The van der Waals surface area contributed by atoms with Crippen LogP contribution in [0.1, 0.15) is 13.8 Å². The minimum Gasteiger partial charge on any atom is -0.490 e. The first-order valence-electron chi connectivity index (χ1n) is 6.59. The van der Waals surface area contributed by atoms with E-state index in [2.05, 4.69) is 11.6 Å². The molecule has 0 N–H and O–H groups in total. The van der Waals surface area contributed by atoms with E-state index in [1.54, 1.807) is 6.08 Å². The molecular formula is C17H19NO2. The van der Waals surface area contributed by atoms with Gasteiger partial charge >= 0.3 is 0 Å². The van der Waals surface area contributed by atoms with E-state index in [0.717, 1.165) is 16.7 Å². The third-order valence-corrected chi connectivity index (χ3v) is 2.73. The van der Waals surface area contributed by atoms with Gasteiger partial charge in [-0.1, -0.05) is 18.2 Å². The van der Waals surface area contributed by atoms with Crippen LogP contribution in [-0.2, 0) is 0 Å². The van der Waals surface area contributed by atoms with E-state index in [1.165, 1.54) is 5.57 Å². The van der Waals surface area contributed by atoms with E-state index in [-0.39, 0.29) is 0 Å². The first-order chi connectivity index (χ1) is 9.69. The Morgan fingerprint density at radius 1 is 1.15 bits per heavy atom. The summed E-state index contributed by atoms with van der Waals surface area (Å²) in [5.74, 6) is 1.45. The summed E-state index contributed by atoms with van der Waals surface area (Å²) < 4.78 is 11.1. The highest BCUT2D eigenvalue weighted by Crippen LogP contribution is 2.22. The molecule has 0 atom stereocenters. The number of hydrogen-bond donors (Lipinski definition) is 0. The summed E-state index contributed by atoms with van der Waals surface area (Å²) >= 11 is 0. The first-order valence-corrected chi connectivity index (χ1v) is 6.59. The van der Waals surface area contributed by atoms with Crippen molar-refractivity contribution < 1.29 is 9.47 Å². The SMILES string of the molecule is C=CCOc1ccc2nc(OCC=C(C)C)ccc2c1. The predicted molar refractivity (Wildman–Crippen MR) is 82.4 cm³/mol. The van der Waals surface area contributed by atoms with Crippen LogP contribution in [-0.4, -0.2) is 18.2 Å². The Morgan fingerprint density at radius 3 is 2.75 bits per heavy atom. The second kappa shape index (κ2) is 6.75. The number of ether oxygens (including phenoxy) is 2. The maximum Gasteiger partial charge on any atom is 0.214 e. The Morgan fingerprint density at radius 2 is 2.00 bits per heavy atom. The van der Waals surface area contributed by atoms with E-state index in [0.29, 0.717) is 19.1 Å². The highest BCUT2D eigenvalue weighted by atomic mass is 16.5. The first kappa shape index (κ1) is 14.1. The van der Waals surface area contributed by atoms with Gasteiger partial charge in [0.05, 0.1) is 5.52 Å². The number of nitrogens with zero attached hydrogens (tertiary/aromatic N) is 1. The summed E-state index contributed by atoms with van der Waals surface area (Å²) in [5, 5.41) is 1.03. The summed E-state index contributed by atoms with van der Waals surface area (Å²) in [7, 11) is 0. The van der Waals surface area contributed by atoms with Crippen molar-refractivity contribution in [1.82, 2.24) is 4.98 Å². The zero-order valence-electron chi connectivity index (χ0n) is 11.9. The van der Waals surface area contributed by atoms with Crippen LogP contribution in [0.15, 0.2) is 54.6 Å². The van der Waals surface area contributed by atoms with Gasteiger partial charge in [-0.3, -0.25) is 0 Å². The lowest BCUT2D eigenvalue weighted by molar-refractivity contribution is 0.349. The molecular weight excluding hydrogens is 250 g/mol. The number of allylic oxidation sites excluding steroid dienone is 1. The van der Waals surface area contributed by atoms with Gasteiger partial charge in [-0.15, -0.1) is 0 Å². The molecule has 0 unspecified atom stereocenters. The molecule has 0 aliphatic heterocycles. The molecule has 3 heteroatoms. The highest BCUT2D eigenvalue weighted by molar-refractivity contribution is 5.80. The summed E-state index contributed by atoms with van der Waals surface area (Å²) in [6.07, 6.45) is 3.75. The molecule has 0 radical (unpaired) electrons. The molecule has 0 aliphatic carbocycles. The molecule has 0 bridgehead atoms. The normalized spacial score (nSPS) is 10.1. The fraction of sp³-hybridized carbons (Fsp3) is 0.235. The molecule has 0 saturated carbocycles. The van der Waals surface area contributed by atoms with Gasteiger partial charge in [-0.25, -0.2) is 4.98 Å². The molecule has 1 heterocycles. The molecule has 2 rings (SSSR count). The van der Waals surface area contributed by atoms with E-state index in [1.807, 2.05) is 50.3 Å². The molecule has 104 valence electrons. The second-order valence-corrected chi connectivity index (χ2v) is 4.70. The molecule has 2 aromatic rings. The molecule has 1 aromatic heterocycles. The number of fused-ring (bicyclic) bond motifs is 1. The largest absolute Gasteiger partial charge is 0.490 e. The lowest BCUT2D eigenvalue weighted by Gasteiger charge is -2.07. The lowest BCUT2D eigenvalue weighted by Crippen LogP contribution is -1.97. The Hall–Kier alpha value is -2.29.